The molecule has 1 aromatic heterocycles. The van der Waals surface area contributed by atoms with Crippen molar-refractivity contribution in [2.75, 3.05) is 18.9 Å². The number of carbonyl (C=O) groups is 2. The highest BCUT2D eigenvalue weighted by atomic mass is 16.6. The van der Waals surface area contributed by atoms with Crippen LogP contribution in [0.3, 0.4) is 0 Å². The Morgan fingerprint density at radius 3 is 2.79 bits per heavy atom. The highest BCUT2D eigenvalue weighted by Crippen LogP contribution is 2.34. The predicted octanol–water partition coefficient (Wildman–Crippen LogP) is 3.29. The second kappa shape index (κ2) is 7.77. The van der Waals surface area contributed by atoms with Gasteiger partial charge in [0.15, 0.2) is 5.69 Å². The van der Waals surface area contributed by atoms with Gasteiger partial charge >= 0.3 is 6.09 Å². The summed E-state index contributed by atoms with van der Waals surface area (Å²) in [4.78, 5) is 28.8. The van der Waals surface area contributed by atoms with Crippen molar-refractivity contribution < 1.29 is 14.3 Å². The highest BCUT2D eigenvalue weighted by Gasteiger charge is 2.37. The molecule has 0 aliphatic carbocycles. The number of ether oxygens (including phenoxy) is 1. The Hall–Kier alpha value is -3.03. The van der Waals surface area contributed by atoms with E-state index in [0.29, 0.717) is 17.9 Å². The van der Waals surface area contributed by atoms with Crippen molar-refractivity contribution >= 4 is 17.7 Å². The lowest BCUT2D eigenvalue weighted by Gasteiger charge is -2.39. The van der Waals surface area contributed by atoms with Gasteiger partial charge in [-0.15, -0.1) is 0 Å². The zero-order valence-electron chi connectivity index (χ0n) is 17.0. The number of carbonyl (C=O) groups excluding carboxylic acids is 2. The second-order valence-electron chi connectivity index (χ2n) is 7.87. The molecule has 8 nitrogen and oxygen atoms in total. The molecule has 1 fully saturated rings. The summed E-state index contributed by atoms with van der Waals surface area (Å²) in [7, 11) is 1.75. The molecular weight excluding hydrogens is 370 g/mol. The average molecular weight is 397 g/mol. The number of hydrogen-bond donors (Lipinski definition) is 1. The van der Waals surface area contributed by atoms with Crippen molar-refractivity contribution in [3.8, 4) is 0 Å². The number of amides is 2. The largest absolute Gasteiger partial charge is 0.444 e. The summed E-state index contributed by atoms with van der Waals surface area (Å²) in [5.41, 5.74) is 2.04. The summed E-state index contributed by atoms with van der Waals surface area (Å²) in [6.45, 7) is 4.86. The van der Waals surface area contributed by atoms with Crippen LogP contribution in [-0.4, -0.2) is 51.3 Å². The van der Waals surface area contributed by atoms with Crippen LogP contribution in [0.15, 0.2) is 36.5 Å². The number of aromatic nitrogens is 2. The van der Waals surface area contributed by atoms with Crippen LogP contribution in [-0.2, 0) is 11.3 Å². The summed E-state index contributed by atoms with van der Waals surface area (Å²) in [6.07, 6.45) is 2.98. The van der Waals surface area contributed by atoms with Gasteiger partial charge in [0.1, 0.15) is 12.8 Å². The van der Waals surface area contributed by atoms with Gasteiger partial charge in [-0.05, 0) is 31.2 Å². The van der Waals surface area contributed by atoms with Crippen molar-refractivity contribution in [3.05, 3.63) is 47.8 Å². The van der Waals surface area contributed by atoms with Crippen LogP contribution in [0.1, 0.15) is 48.9 Å². The van der Waals surface area contributed by atoms with E-state index in [-0.39, 0.29) is 36.9 Å². The molecule has 1 saturated heterocycles. The number of likely N-dealkylation sites (tertiary alicyclic amines) is 1. The second-order valence-corrected chi connectivity index (χ2v) is 7.87. The molecule has 3 heterocycles. The van der Waals surface area contributed by atoms with E-state index in [0.717, 1.165) is 18.4 Å². The molecule has 0 spiro atoms. The monoisotopic (exact) mass is 397 g/mol. The first-order valence-electron chi connectivity index (χ1n) is 10.1. The maximum Gasteiger partial charge on any atom is 0.411 e. The van der Waals surface area contributed by atoms with Crippen molar-refractivity contribution in [3.63, 3.8) is 0 Å². The first kappa shape index (κ1) is 19.3. The highest BCUT2D eigenvalue weighted by molar-refractivity contribution is 5.99. The summed E-state index contributed by atoms with van der Waals surface area (Å²) in [5.74, 6) is 0.0753. The lowest BCUT2D eigenvalue weighted by molar-refractivity contribution is 0.0201. The fraction of sp³-hybridized carbons (Fsp3) is 0.476. The van der Waals surface area contributed by atoms with Gasteiger partial charge in [-0.3, -0.25) is 9.69 Å². The third-order valence-electron chi connectivity index (χ3n) is 5.80. The van der Waals surface area contributed by atoms with Crippen LogP contribution in [0.4, 0.5) is 10.5 Å². The van der Waals surface area contributed by atoms with Gasteiger partial charge in [0.25, 0.3) is 5.91 Å². The van der Waals surface area contributed by atoms with E-state index in [1.165, 1.54) is 0 Å². The normalized spacial score (nSPS) is 24.1. The van der Waals surface area contributed by atoms with Gasteiger partial charge in [-0.25, -0.2) is 9.48 Å². The maximum absolute atomic E-state index is 12.9. The number of fused-ring (bicyclic) bond motifs is 1. The van der Waals surface area contributed by atoms with Crippen molar-refractivity contribution in [2.24, 2.45) is 5.92 Å². The van der Waals surface area contributed by atoms with Crippen molar-refractivity contribution in [1.82, 2.24) is 19.6 Å². The number of benzene rings is 1. The number of anilines is 1. The zero-order chi connectivity index (χ0) is 20.5. The van der Waals surface area contributed by atoms with Crippen LogP contribution in [0, 0.1) is 5.92 Å². The SMILES string of the molecule is CC1CCCN(C(=O)OCc2ccccc2)C1n1cc2c(n1)C(=O)N(C)C(C)N2. The van der Waals surface area contributed by atoms with E-state index < -0.39 is 0 Å². The Bertz CT molecular complexity index is 897. The fourth-order valence-electron chi connectivity index (χ4n) is 4.03. The molecule has 2 aliphatic rings. The number of nitrogens with zero attached hydrogens (tertiary/aromatic N) is 4. The first-order valence-corrected chi connectivity index (χ1v) is 10.1. The van der Waals surface area contributed by atoms with Gasteiger partial charge in [-0.1, -0.05) is 37.3 Å². The molecule has 2 aliphatic heterocycles. The molecule has 2 amide bonds. The Morgan fingerprint density at radius 1 is 1.28 bits per heavy atom. The summed E-state index contributed by atoms with van der Waals surface area (Å²) >= 11 is 0. The zero-order valence-corrected chi connectivity index (χ0v) is 17.0. The smallest absolute Gasteiger partial charge is 0.411 e. The van der Waals surface area contributed by atoms with E-state index in [2.05, 4.69) is 17.3 Å². The van der Waals surface area contributed by atoms with Crippen LogP contribution in [0.25, 0.3) is 0 Å². The molecule has 154 valence electrons. The van der Waals surface area contributed by atoms with E-state index in [1.807, 2.05) is 43.5 Å². The minimum absolute atomic E-state index is 0.108. The molecule has 2 aromatic rings. The molecule has 29 heavy (non-hydrogen) atoms. The standard InChI is InChI=1S/C21H27N5O3/c1-14-8-7-11-25(21(28)29-13-16-9-5-4-6-10-16)19(14)26-12-17-18(23-26)20(27)24(3)15(2)22-17/h4-6,9-10,12,14-15,19,22H,7-8,11,13H2,1-3H3. The molecule has 3 atom stereocenters. The van der Waals surface area contributed by atoms with Crippen molar-refractivity contribution in [1.29, 1.82) is 0 Å². The lowest BCUT2D eigenvalue weighted by atomic mass is 9.96. The van der Waals surface area contributed by atoms with Gasteiger partial charge in [0.2, 0.25) is 0 Å². The Balaban J connectivity index is 1.56. The molecule has 1 aromatic carbocycles. The van der Waals surface area contributed by atoms with Crippen LogP contribution in [0.5, 0.6) is 0 Å². The topological polar surface area (TPSA) is 79.7 Å². The molecule has 0 bridgehead atoms. The summed E-state index contributed by atoms with van der Waals surface area (Å²) in [5, 5.41) is 7.85. The van der Waals surface area contributed by atoms with E-state index in [9.17, 15) is 9.59 Å². The molecule has 3 unspecified atom stereocenters. The number of piperidine rings is 1. The first-order chi connectivity index (χ1) is 14.0. The van der Waals surface area contributed by atoms with Crippen LogP contribution >= 0.6 is 0 Å². The minimum atomic E-state index is -0.358. The van der Waals surface area contributed by atoms with Gasteiger partial charge in [0, 0.05) is 13.6 Å². The van der Waals surface area contributed by atoms with Gasteiger partial charge < -0.3 is 15.0 Å². The molecular formula is C21H27N5O3. The summed E-state index contributed by atoms with van der Waals surface area (Å²) < 4.78 is 7.33. The predicted molar refractivity (Wildman–Crippen MR) is 108 cm³/mol. The number of rotatable bonds is 3. The van der Waals surface area contributed by atoms with E-state index >= 15 is 0 Å². The van der Waals surface area contributed by atoms with Crippen molar-refractivity contribution in [2.45, 2.75) is 45.6 Å². The Labute approximate surface area is 170 Å². The molecule has 1 N–H and O–H groups in total. The Morgan fingerprint density at radius 2 is 2.03 bits per heavy atom. The molecule has 0 saturated carbocycles. The van der Waals surface area contributed by atoms with Crippen LogP contribution in [0.2, 0.25) is 0 Å². The van der Waals surface area contributed by atoms with Crippen LogP contribution < -0.4 is 5.32 Å². The number of hydrogen-bond acceptors (Lipinski definition) is 5. The third-order valence-corrected chi connectivity index (χ3v) is 5.80. The summed E-state index contributed by atoms with van der Waals surface area (Å²) in [6, 6.07) is 9.64. The quantitative estimate of drug-likeness (QED) is 0.860. The van der Waals surface area contributed by atoms with Gasteiger partial charge in [0.05, 0.1) is 18.1 Å². The van der Waals surface area contributed by atoms with E-state index in [1.54, 1.807) is 21.5 Å². The molecule has 4 rings (SSSR count). The third kappa shape index (κ3) is 3.66. The lowest BCUT2D eigenvalue weighted by Crippen LogP contribution is -2.45. The average Bonchev–Trinajstić information content (AvgIpc) is 3.14. The Kier molecular flexibility index (Phi) is 5.17. The van der Waals surface area contributed by atoms with Gasteiger partial charge in [-0.2, -0.15) is 5.10 Å². The minimum Gasteiger partial charge on any atom is -0.444 e. The molecule has 0 radical (unpaired) electrons. The fourth-order valence-corrected chi connectivity index (χ4v) is 4.03. The van der Waals surface area contributed by atoms with E-state index in [4.69, 9.17) is 4.74 Å². The number of nitrogens with one attached hydrogen (secondary N) is 1. The maximum atomic E-state index is 12.9. The molecule has 8 heteroatoms.